The molecule has 1 aliphatic heterocycles. The van der Waals surface area contributed by atoms with Crippen LogP contribution in [0, 0.1) is 0 Å². The smallest absolute Gasteiger partial charge is 0.191 e. The highest BCUT2D eigenvalue weighted by molar-refractivity contribution is 14.0. The Labute approximate surface area is 205 Å². The first-order valence-corrected chi connectivity index (χ1v) is 11.9. The Morgan fingerprint density at radius 3 is 2.58 bits per heavy atom. The molecule has 1 aromatic rings. The fraction of sp³-hybridized carbons (Fsp3) is 0.708. The third-order valence-electron chi connectivity index (χ3n) is 5.89. The lowest BCUT2D eigenvalue weighted by Crippen LogP contribution is -2.38. The topological polar surface area (TPSA) is 58.1 Å². The Bertz CT molecular complexity index is 632. The lowest BCUT2D eigenvalue weighted by Gasteiger charge is -2.27. The van der Waals surface area contributed by atoms with E-state index in [1.807, 2.05) is 0 Å². The van der Waals surface area contributed by atoms with Gasteiger partial charge in [-0.1, -0.05) is 43.5 Å². The quantitative estimate of drug-likeness (QED) is 0.202. The van der Waals surface area contributed by atoms with Crippen molar-refractivity contribution in [1.29, 1.82) is 0 Å². The first-order chi connectivity index (χ1) is 14.8. The Balaban J connectivity index is 0.00000341. The number of rotatable bonds is 10. The first kappa shape index (κ1) is 26.4. The van der Waals surface area contributed by atoms with Gasteiger partial charge in [-0.25, -0.2) is 4.99 Å². The lowest BCUT2D eigenvalue weighted by atomic mass is 9.98. The van der Waals surface area contributed by atoms with E-state index in [9.17, 15) is 0 Å². The predicted octanol–water partition coefficient (Wildman–Crippen LogP) is 3.93. The zero-order valence-corrected chi connectivity index (χ0v) is 21.4. The maximum absolute atomic E-state index is 6.03. The minimum atomic E-state index is 0. The number of halogens is 1. The molecule has 2 N–H and O–H groups in total. The molecule has 31 heavy (non-hydrogen) atoms. The third-order valence-corrected chi connectivity index (χ3v) is 5.89. The Kier molecular flexibility index (Phi) is 13.5. The summed E-state index contributed by atoms with van der Waals surface area (Å²) in [6.07, 6.45) is 8.00. The molecule has 1 saturated heterocycles. The van der Waals surface area contributed by atoms with Crippen LogP contribution in [0.1, 0.15) is 56.6 Å². The van der Waals surface area contributed by atoms with E-state index in [1.165, 1.54) is 43.2 Å². The highest BCUT2D eigenvalue weighted by Crippen LogP contribution is 2.20. The van der Waals surface area contributed by atoms with Crippen LogP contribution >= 0.6 is 24.0 Å². The van der Waals surface area contributed by atoms with Crippen LogP contribution in [0.5, 0.6) is 0 Å². The minimum Gasteiger partial charge on any atom is -0.379 e. The SMILES string of the molecule is CCNC(=NCc1ccccc1CN1CCOCC1)NCCCOC1CCCCC1.I. The zero-order valence-electron chi connectivity index (χ0n) is 19.1. The highest BCUT2D eigenvalue weighted by Gasteiger charge is 2.14. The van der Waals surface area contributed by atoms with Crippen molar-refractivity contribution in [1.82, 2.24) is 15.5 Å². The molecule has 0 atom stereocenters. The van der Waals surface area contributed by atoms with Crippen LogP contribution in [-0.2, 0) is 22.6 Å². The van der Waals surface area contributed by atoms with Crippen LogP contribution in [0.25, 0.3) is 0 Å². The molecule has 176 valence electrons. The van der Waals surface area contributed by atoms with Gasteiger partial charge in [0.25, 0.3) is 0 Å². The Hall–Kier alpha value is -0.900. The predicted molar refractivity (Wildman–Crippen MR) is 138 cm³/mol. The summed E-state index contributed by atoms with van der Waals surface area (Å²) in [5.41, 5.74) is 2.65. The van der Waals surface area contributed by atoms with E-state index in [-0.39, 0.29) is 24.0 Å². The van der Waals surface area contributed by atoms with Crippen LogP contribution in [0.3, 0.4) is 0 Å². The fourth-order valence-electron chi connectivity index (χ4n) is 4.13. The summed E-state index contributed by atoms with van der Waals surface area (Å²) in [7, 11) is 0. The van der Waals surface area contributed by atoms with E-state index in [0.717, 1.165) is 64.9 Å². The summed E-state index contributed by atoms with van der Waals surface area (Å²) in [6, 6.07) is 8.65. The van der Waals surface area contributed by atoms with Gasteiger partial charge < -0.3 is 20.1 Å². The Morgan fingerprint density at radius 2 is 1.84 bits per heavy atom. The molecule has 1 aliphatic carbocycles. The molecule has 6 nitrogen and oxygen atoms in total. The second-order valence-electron chi connectivity index (χ2n) is 8.26. The lowest BCUT2D eigenvalue weighted by molar-refractivity contribution is 0.0277. The van der Waals surface area contributed by atoms with E-state index < -0.39 is 0 Å². The molecule has 0 radical (unpaired) electrons. The molecule has 0 spiro atoms. The number of morpholine rings is 1. The van der Waals surface area contributed by atoms with Crippen molar-refractivity contribution in [2.75, 3.05) is 46.0 Å². The van der Waals surface area contributed by atoms with Crippen molar-refractivity contribution in [2.45, 2.75) is 64.6 Å². The van der Waals surface area contributed by atoms with E-state index in [2.05, 4.69) is 46.7 Å². The normalized spacial score (nSPS) is 18.4. The Morgan fingerprint density at radius 1 is 1.10 bits per heavy atom. The van der Waals surface area contributed by atoms with Crippen molar-refractivity contribution in [3.8, 4) is 0 Å². The van der Waals surface area contributed by atoms with Crippen molar-refractivity contribution in [3.63, 3.8) is 0 Å². The number of nitrogens with zero attached hydrogens (tertiary/aromatic N) is 2. The fourth-order valence-corrected chi connectivity index (χ4v) is 4.13. The van der Waals surface area contributed by atoms with Crippen molar-refractivity contribution in [2.24, 2.45) is 4.99 Å². The molecule has 1 saturated carbocycles. The average Bonchev–Trinajstić information content (AvgIpc) is 2.79. The van der Waals surface area contributed by atoms with Crippen LogP contribution in [0.15, 0.2) is 29.3 Å². The number of hydrogen-bond donors (Lipinski definition) is 2. The summed E-state index contributed by atoms with van der Waals surface area (Å²) in [5, 5.41) is 6.83. The van der Waals surface area contributed by atoms with Gasteiger partial charge in [-0.15, -0.1) is 24.0 Å². The molecule has 0 aromatic heterocycles. The molecular weight excluding hydrogens is 503 g/mol. The summed E-state index contributed by atoms with van der Waals surface area (Å²) in [4.78, 5) is 7.30. The van der Waals surface area contributed by atoms with Gasteiger partial charge in [0.2, 0.25) is 0 Å². The number of aliphatic imine (C=N–C) groups is 1. The molecule has 0 bridgehead atoms. The molecule has 2 fully saturated rings. The summed E-state index contributed by atoms with van der Waals surface area (Å²) >= 11 is 0. The van der Waals surface area contributed by atoms with Crippen LogP contribution in [0.4, 0.5) is 0 Å². The maximum Gasteiger partial charge on any atom is 0.191 e. The molecule has 0 amide bonds. The van der Waals surface area contributed by atoms with Gasteiger partial charge in [0, 0.05) is 39.3 Å². The van der Waals surface area contributed by atoms with E-state index in [1.54, 1.807) is 0 Å². The second kappa shape index (κ2) is 15.8. The van der Waals surface area contributed by atoms with Gasteiger partial charge >= 0.3 is 0 Å². The van der Waals surface area contributed by atoms with Gasteiger partial charge in [-0.2, -0.15) is 0 Å². The van der Waals surface area contributed by atoms with Gasteiger partial charge in [0.05, 0.1) is 25.9 Å². The van der Waals surface area contributed by atoms with Crippen molar-refractivity contribution >= 4 is 29.9 Å². The summed E-state index contributed by atoms with van der Waals surface area (Å²) in [6.45, 7) is 10.0. The van der Waals surface area contributed by atoms with Crippen LogP contribution in [0.2, 0.25) is 0 Å². The number of nitrogens with one attached hydrogen (secondary N) is 2. The molecule has 0 unspecified atom stereocenters. The molecule has 1 heterocycles. The summed E-state index contributed by atoms with van der Waals surface area (Å²) in [5.74, 6) is 0.886. The van der Waals surface area contributed by atoms with Crippen molar-refractivity contribution in [3.05, 3.63) is 35.4 Å². The molecule has 7 heteroatoms. The van der Waals surface area contributed by atoms with Gasteiger partial charge in [-0.05, 0) is 37.3 Å². The number of guanidine groups is 1. The molecule has 3 rings (SSSR count). The minimum absolute atomic E-state index is 0. The summed E-state index contributed by atoms with van der Waals surface area (Å²) < 4.78 is 11.5. The number of benzene rings is 1. The average molecular weight is 545 g/mol. The molecule has 2 aliphatic rings. The second-order valence-corrected chi connectivity index (χ2v) is 8.26. The zero-order chi connectivity index (χ0) is 20.9. The largest absolute Gasteiger partial charge is 0.379 e. The van der Waals surface area contributed by atoms with Crippen LogP contribution in [-0.4, -0.2) is 63.0 Å². The highest BCUT2D eigenvalue weighted by atomic mass is 127. The van der Waals surface area contributed by atoms with Gasteiger partial charge in [-0.3, -0.25) is 4.90 Å². The van der Waals surface area contributed by atoms with Gasteiger partial charge in [0.1, 0.15) is 0 Å². The van der Waals surface area contributed by atoms with E-state index >= 15 is 0 Å². The maximum atomic E-state index is 6.03. The third kappa shape index (κ3) is 10.1. The monoisotopic (exact) mass is 544 g/mol. The standard InChI is InChI=1S/C24H40N4O2.HI/c1-2-25-24(26-13-8-16-30-23-11-4-3-5-12-23)27-19-21-9-6-7-10-22(21)20-28-14-17-29-18-15-28;/h6-7,9-10,23H,2-5,8,11-20H2,1H3,(H2,25,26,27);1H. The van der Waals surface area contributed by atoms with Crippen LogP contribution < -0.4 is 10.6 Å². The number of hydrogen-bond acceptors (Lipinski definition) is 4. The number of ether oxygens (including phenoxy) is 2. The first-order valence-electron chi connectivity index (χ1n) is 11.9. The van der Waals surface area contributed by atoms with Crippen molar-refractivity contribution < 1.29 is 9.47 Å². The molecular formula is C24H41IN4O2. The molecule has 1 aromatic carbocycles. The van der Waals surface area contributed by atoms with E-state index in [0.29, 0.717) is 12.6 Å². The van der Waals surface area contributed by atoms with E-state index in [4.69, 9.17) is 14.5 Å². The van der Waals surface area contributed by atoms with Gasteiger partial charge in [0.15, 0.2) is 5.96 Å².